The lowest BCUT2D eigenvalue weighted by Crippen LogP contribution is -2.59. The molecule has 0 aromatic heterocycles. The molecular weight excluding hydrogens is 544 g/mol. The molecule has 2 aliphatic rings. The van der Waals surface area contributed by atoms with Crippen molar-refractivity contribution in [2.24, 2.45) is 11.8 Å². The molecule has 0 bridgehead atoms. The van der Waals surface area contributed by atoms with E-state index in [9.17, 15) is 35.7 Å². The van der Waals surface area contributed by atoms with Gasteiger partial charge in [-0.1, -0.05) is 0 Å². The smallest absolute Gasteiger partial charge is 0.201 e. The number of methoxy groups -OCH3 is 4. The van der Waals surface area contributed by atoms with E-state index in [2.05, 4.69) is 0 Å². The van der Waals surface area contributed by atoms with Crippen molar-refractivity contribution in [2.45, 2.75) is 43.0 Å². The van der Waals surface area contributed by atoms with Crippen molar-refractivity contribution < 1.29 is 64.2 Å². The van der Waals surface area contributed by atoms with Gasteiger partial charge in [0.1, 0.15) is 24.4 Å². The molecule has 1 saturated heterocycles. The van der Waals surface area contributed by atoms with Crippen LogP contribution in [0.25, 0.3) is 0 Å². The molecule has 4 rings (SSSR count). The van der Waals surface area contributed by atoms with Gasteiger partial charge < -0.3 is 64.2 Å². The minimum absolute atomic E-state index is 0.123. The standard InChI is InChI=1S/C28H38O13/c1-36-16-7-13(8-17(37-2)22(16)31)20-15(11-40-28-26(35)25(34)23(32)19(10-30)41-28)14(9-29)5-12-6-18(38-3)24(33)27(39-4)21(12)20/h6-8,14-15,19-20,23,25-26,28-35H,5,9-11H2,1-4H3/t14-,15?,19+,20+,23+,25-,26+,28+/m0/s1. The molecule has 0 radical (unpaired) electrons. The van der Waals surface area contributed by atoms with Crippen LogP contribution in [0.5, 0.6) is 34.5 Å². The fraction of sp³-hybridized carbons (Fsp3) is 0.571. The number of aromatic hydroxyl groups is 2. The van der Waals surface area contributed by atoms with Crippen LogP contribution in [0.2, 0.25) is 0 Å². The number of rotatable bonds is 10. The number of aliphatic hydroxyl groups is 5. The number of ether oxygens (including phenoxy) is 6. The topological polar surface area (TPSA) is 197 Å². The van der Waals surface area contributed by atoms with E-state index in [-0.39, 0.29) is 47.7 Å². The van der Waals surface area contributed by atoms with Crippen molar-refractivity contribution in [1.82, 2.24) is 0 Å². The first-order valence-corrected chi connectivity index (χ1v) is 13.1. The lowest BCUT2D eigenvalue weighted by Gasteiger charge is -2.43. The third-order valence-corrected chi connectivity index (χ3v) is 7.99. The van der Waals surface area contributed by atoms with Gasteiger partial charge in [0.25, 0.3) is 0 Å². The Bertz CT molecular complexity index is 1180. The first kappa shape index (κ1) is 30.9. The van der Waals surface area contributed by atoms with E-state index in [0.29, 0.717) is 17.5 Å². The molecule has 0 saturated carbocycles. The highest BCUT2D eigenvalue weighted by molar-refractivity contribution is 5.64. The van der Waals surface area contributed by atoms with E-state index in [1.54, 1.807) is 18.2 Å². The van der Waals surface area contributed by atoms with E-state index < -0.39 is 55.1 Å². The van der Waals surface area contributed by atoms with Gasteiger partial charge in [-0.15, -0.1) is 0 Å². The Morgan fingerprint density at radius 1 is 0.780 bits per heavy atom. The number of aliphatic hydroxyl groups excluding tert-OH is 5. The molecule has 2 aromatic rings. The van der Waals surface area contributed by atoms with E-state index in [1.165, 1.54) is 28.4 Å². The first-order valence-electron chi connectivity index (χ1n) is 13.1. The third kappa shape index (κ3) is 5.58. The summed E-state index contributed by atoms with van der Waals surface area (Å²) in [5.41, 5.74) is 1.88. The zero-order chi connectivity index (χ0) is 30.0. The van der Waals surface area contributed by atoms with Crippen molar-refractivity contribution in [3.63, 3.8) is 0 Å². The summed E-state index contributed by atoms with van der Waals surface area (Å²) in [7, 11) is 5.60. The predicted molar refractivity (Wildman–Crippen MR) is 142 cm³/mol. The molecule has 8 atom stereocenters. The van der Waals surface area contributed by atoms with Crippen molar-refractivity contribution in [3.8, 4) is 34.5 Å². The van der Waals surface area contributed by atoms with Crippen LogP contribution in [-0.2, 0) is 15.9 Å². The molecule has 13 heteroatoms. The van der Waals surface area contributed by atoms with E-state index in [4.69, 9.17) is 28.4 Å². The molecule has 1 fully saturated rings. The Morgan fingerprint density at radius 2 is 1.39 bits per heavy atom. The second kappa shape index (κ2) is 12.9. The zero-order valence-electron chi connectivity index (χ0n) is 23.3. The summed E-state index contributed by atoms with van der Waals surface area (Å²) in [6.45, 7) is -1.02. The van der Waals surface area contributed by atoms with Crippen LogP contribution in [0.4, 0.5) is 0 Å². The highest BCUT2D eigenvalue weighted by Gasteiger charge is 2.46. The normalized spacial score (nSPS) is 29.5. The van der Waals surface area contributed by atoms with E-state index >= 15 is 0 Å². The quantitative estimate of drug-likeness (QED) is 0.196. The molecule has 228 valence electrons. The van der Waals surface area contributed by atoms with Gasteiger partial charge in [-0.05, 0) is 47.6 Å². The van der Waals surface area contributed by atoms with Gasteiger partial charge in [0.15, 0.2) is 29.3 Å². The second-order valence-electron chi connectivity index (χ2n) is 10.1. The number of phenolic OH excluding ortho intramolecular Hbond substituents is 2. The molecule has 1 aliphatic heterocycles. The maximum absolute atomic E-state index is 11.0. The van der Waals surface area contributed by atoms with Gasteiger partial charge in [0.2, 0.25) is 11.5 Å². The SMILES string of the molecule is COc1cc([C@H]2c3c(cc(OC)c(O)c3OC)C[C@@H](CO)C2CO[C@@H]2O[C@H](CO)[C@@H](O)[C@H](O)[C@H]2O)cc(OC)c1O. The molecule has 13 nitrogen and oxygen atoms in total. The molecule has 2 aromatic carbocycles. The highest BCUT2D eigenvalue weighted by atomic mass is 16.7. The summed E-state index contributed by atoms with van der Waals surface area (Å²) in [6, 6.07) is 4.88. The number of benzene rings is 2. The molecule has 1 unspecified atom stereocenters. The lowest BCUT2D eigenvalue weighted by molar-refractivity contribution is -0.304. The summed E-state index contributed by atoms with van der Waals surface area (Å²) >= 11 is 0. The summed E-state index contributed by atoms with van der Waals surface area (Å²) in [5.74, 6) is -1.51. The van der Waals surface area contributed by atoms with E-state index in [0.717, 1.165) is 5.56 Å². The Morgan fingerprint density at radius 3 is 1.93 bits per heavy atom. The van der Waals surface area contributed by atoms with Gasteiger partial charge in [-0.2, -0.15) is 0 Å². The van der Waals surface area contributed by atoms with Crippen molar-refractivity contribution in [1.29, 1.82) is 0 Å². The Hall–Kier alpha value is -3.04. The van der Waals surface area contributed by atoms with Crippen molar-refractivity contribution in [3.05, 3.63) is 34.9 Å². The Labute approximate surface area is 237 Å². The second-order valence-corrected chi connectivity index (χ2v) is 10.1. The minimum atomic E-state index is -1.63. The van der Waals surface area contributed by atoms with Gasteiger partial charge in [-0.3, -0.25) is 0 Å². The van der Waals surface area contributed by atoms with Crippen LogP contribution in [-0.4, -0.2) is 115 Å². The van der Waals surface area contributed by atoms with Gasteiger partial charge >= 0.3 is 0 Å². The molecule has 0 amide bonds. The third-order valence-electron chi connectivity index (χ3n) is 7.99. The Balaban J connectivity index is 1.85. The summed E-state index contributed by atoms with van der Waals surface area (Å²) in [5, 5.41) is 72.6. The molecule has 1 heterocycles. The highest BCUT2D eigenvalue weighted by Crippen LogP contribution is 2.54. The lowest BCUT2D eigenvalue weighted by atomic mass is 9.66. The van der Waals surface area contributed by atoms with Gasteiger partial charge in [0.05, 0.1) is 41.7 Å². The van der Waals surface area contributed by atoms with Crippen LogP contribution >= 0.6 is 0 Å². The van der Waals surface area contributed by atoms with Crippen molar-refractivity contribution >= 4 is 0 Å². The molecule has 7 N–H and O–H groups in total. The monoisotopic (exact) mass is 582 g/mol. The zero-order valence-corrected chi connectivity index (χ0v) is 23.3. The molecule has 41 heavy (non-hydrogen) atoms. The van der Waals surface area contributed by atoms with Crippen LogP contribution in [0.1, 0.15) is 22.6 Å². The van der Waals surface area contributed by atoms with Gasteiger partial charge in [-0.25, -0.2) is 0 Å². The maximum Gasteiger partial charge on any atom is 0.201 e. The number of phenols is 2. The molecule has 0 spiro atoms. The largest absolute Gasteiger partial charge is 0.502 e. The Kier molecular flexibility index (Phi) is 9.70. The summed E-state index contributed by atoms with van der Waals surface area (Å²) in [6.07, 6.45) is -7.02. The molecular formula is C28H38O13. The van der Waals surface area contributed by atoms with Crippen LogP contribution in [0.15, 0.2) is 18.2 Å². The summed E-state index contributed by atoms with van der Waals surface area (Å²) < 4.78 is 33.3. The number of hydrogen-bond donors (Lipinski definition) is 7. The maximum atomic E-state index is 11.0. The van der Waals surface area contributed by atoms with Crippen LogP contribution in [0.3, 0.4) is 0 Å². The van der Waals surface area contributed by atoms with E-state index in [1.807, 2.05) is 0 Å². The first-order chi connectivity index (χ1) is 19.6. The predicted octanol–water partition coefficient (Wildman–Crippen LogP) is -0.139. The minimum Gasteiger partial charge on any atom is -0.502 e. The fourth-order valence-electron chi connectivity index (χ4n) is 5.83. The van der Waals surface area contributed by atoms with Crippen molar-refractivity contribution in [2.75, 3.05) is 48.3 Å². The van der Waals surface area contributed by atoms with Crippen LogP contribution < -0.4 is 18.9 Å². The summed E-state index contributed by atoms with van der Waals surface area (Å²) in [4.78, 5) is 0. The fourth-order valence-corrected chi connectivity index (χ4v) is 5.83. The van der Waals surface area contributed by atoms with Crippen LogP contribution in [0, 0.1) is 11.8 Å². The number of hydrogen-bond acceptors (Lipinski definition) is 13. The van der Waals surface area contributed by atoms with Gasteiger partial charge in [0, 0.05) is 18.1 Å². The molecule has 1 aliphatic carbocycles. The average Bonchev–Trinajstić information content (AvgIpc) is 2.98. The average molecular weight is 583 g/mol. The number of fused-ring (bicyclic) bond motifs is 1.